The lowest BCUT2D eigenvalue weighted by molar-refractivity contribution is -0.118. The second kappa shape index (κ2) is 7.33. The molecule has 8 heteroatoms. The number of carbonyl (C=O) groups excluding carboxylic acids is 1. The zero-order valence-electron chi connectivity index (χ0n) is 12.3. The molecule has 0 unspecified atom stereocenters. The number of aryl methyl sites for hydroxylation is 1. The number of benzene rings is 1. The quantitative estimate of drug-likeness (QED) is 0.891. The van der Waals surface area contributed by atoms with Gasteiger partial charge >= 0.3 is 0 Å². The van der Waals surface area contributed by atoms with Crippen LogP contribution in [0.3, 0.4) is 0 Å². The predicted molar refractivity (Wildman–Crippen MR) is 85.8 cm³/mol. The van der Waals surface area contributed by atoms with Crippen molar-refractivity contribution < 1.29 is 4.79 Å². The summed E-state index contributed by atoms with van der Waals surface area (Å²) in [5, 5.41) is 17.6. The van der Waals surface area contributed by atoms with E-state index in [1.54, 1.807) is 11.7 Å². The third-order valence-electron chi connectivity index (χ3n) is 3.64. The number of hydrogen-bond acceptors (Lipinski definition) is 5. The van der Waals surface area contributed by atoms with Crippen molar-refractivity contribution in [3.8, 4) is 11.4 Å². The van der Waals surface area contributed by atoms with Gasteiger partial charge in [0, 0.05) is 18.3 Å². The molecule has 2 aromatic rings. The Kier molecular flexibility index (Phi) is 5.46. The summed E-state index contributed by atoms with van der Waals surface area (Å²) in [6, 6.07) is 7.45. The summed E-state index contributed by atoms with van der Waals surface area (Å²) in [7, 11) is 1.78. The van der Waals surface area contributed by atoms with E-state index in [1.807, 2.05) is 24.3 Å². The molecule has 0 bridgehead atoms. The van der Waals surface area contributed by atoms with Gasteiger partial charge in [-0.2, -0.15) is 0 Å². The minimum atomic E-state index is -0.0982. The van der Waals surface area contributed by atoms with E-state index in [1.165, 1.54) is 0 Å². The Morgan fingerprint density at radius 2 is 2.27 bits per heavy atom. The zero-order valence-corrected chi connectivity index (χ0v) is 13.1. The third kappa shape index (κ3) is 3.61. The number of carbonyl (C=O) groups is 1. The summed E-state index contributed by atoms with van der Waals surface area (Å²) in [5.74, 6) is 0.685. The van der Waals surface area contributed by atoms with Gasteiger partial charge in [0.15, 0.2) is 5.82 Å². The van der Waals surface area contributed by atoms with Crippen LogP contribution < -0.4 is 10.6 Å². The molecular formula is C14H19ClN6O. The highest BCUT2D eigenvalue weighted by molar-refractivity contribution is 5.95. The Bertz CT molecular complexity index is 638. The zero-order chi connectivity index (χ0) is 14.7. The molecule has 1 amide bonds. The first kappa shape index (κ1) is 16.4. The van der Waals surface area contributed by atoms with Crippen molar-refractivity contribution in [2.24, 2.45) is 7.05 Å². The number of anilines is 1. The van der Waals surface area contributed by atoms with Crippen molar-refractivity contribution in [3.05, 3.63) is 24.3 Å². The van der Waals surface area contributed by atoms with E-state index in [9.17, 15) is 4.79 Å². The molecule has 1 aliphatic heterocycles. The molecule has 1 aromatic heterocycles. The molecule has 1 atom stereocenters. The number of hydrogen-bond donors (Lipinski definition) is 2. The van der Waals surface area contributed by atoms with E-state index in [0.717, 1.165) is 37.1 Å². The number of piperidine rings is 1. The highest BCUT2D eigenvalue weighted by Gasteiger charge is 2.20. The fraction of sp³-hybridized carbons (Fsp3) is 0.429. The maximum absolute atomic E-state index is 12.2. The van der Waals surface area contributed by atoms with E-state index < -0.39 is 0 Å². The first-order valence-corrected chi connectivity index (χ1v) is 7.11. The summed E-state index contributed by atoms with van der Waals surface area (Å²) in [6.45, 7) is 0.905. The summed E-state index contributed by atoms with van der Waals surface area (Å²) in [4.78, 5) is 12.2. The minimum absolute atomic E-state index is 0. The Hall–Kier alpha value is -1.99. The SMILES string of the molecule is Cl.Cn1nnnc1-c1cccc(NC(=O)[C@@H]2CCCCN2)c1. The Morgan fingerprint density at radius 1 is 1.41 bits per heavy atom. The van der Waals surface area contributed by atoms with Crippen molar-refractivity contribution in [1.82, 2.24) is 25.5 Å². The van der Waals surface area contributed by atoms with Crippen LogP contribution in [0.5, 0.6) is 0 Å². The van der Waals surface area contributed by atoms with Gasteiger partial charge < -0.3 is 10.6 Å². The van der Waals surface area contributed by atoms with Gasteiger partial charge in [0.05, 0.1) is 6.04 Å². The number of aromatic nitrogens is 4. The normalized spacial score (nSPS) is 17.6. The standard InChI is InChI=1S/C14H18N6O.ClH/c1-20-13(17-18-19-20)10-5-4-6-11(9-10)16-14(21)12-7-2-3-8-15-12;/h4-6,9,12,15H,2-3,7-8H2,1H3,(H,16,21);1H/t12-;/m0./s1. The number of nitrogens with one attached hydrogen (secondary N) is 2. The molecule has 2 heterocycles. The van der Waals surface area contributed by atoms with Crippen LogP contribution in [0, 0.1) is 0 Å². The van der Waals surface area contributed by atoms with Crippen molar-refractivity contribution in [2.75, 3.05) is 11.9 Å². The van der Waals surface area contributed by atoms with Gasteiger partial charge in [-0.3, -0.25) is 4.79 Å². The number of halogens is 1. The molecule has 1 fully saturated rings. The molecule has 1 aliphatic rings. The highest BCUT2D eigenvalue weighted by atomic mass is 35.5. The van der Waals surface area contributed by atoms with E-state index in [0.29, 0.717) is 5.82 Å². The number of amides is 1. The summed E-state index contributed by atoms with van der Waals surface area (Å²) >= 11 is 0. The Balaban J connectivity index is 0.00000176. The molecule has 1 saturated heterocycles. The lowest BCUT2D eigenvalue weighted by Gasteiger charge is -2.22. The molecule has 0 saturated carbocycles. The van der Waals surface area contributed by atoms with E-state index in [2.05, 4.69) is 26.2 Å². The van der Waals surface area contributed by atoms with Crippen LogP contribution in [0.4, 0.5) is 5.69 Å². The smallest absolute Gasteiger partial charge is 0.241 e. The second-order valence-corrected chi connectivity index (χ2v) is 5.20. The van der Waals surface area contributed by atoms with Gasteiger partial charge in [-0.15, -0.1) is 17.5 Å². The fourth-order valence-corrected chi connectivity index (χ4v) is 2.52. The van der Waals surface area contributed by atoms with Crippen molar-refractivity contribution in [1.29, 1.82) is 0 Å². The monoisotopic (exact) mass is 322 g/mol. The topological polar surface area (TPSA) is 84.7 Å². The van der Waals surface area contributed by atoms with Gasteiger partial charge in [0.1, 0.15) is 0 Å². The number of tetrazole rings is 1. The Morgan fingerprint density at radius 3 is 2.95 bits per heavy atom. The molecule has 0 spiro atoms. The van der Waals surface area contributed by atoms with Gasteiger partial charge in [-0.05, 0) is 41.9 Å². The molecule has 3 rings (SSSR count). The maximum Gasteiger partial charge on any atom is 0.241 e. The molecule has 7 nitrogen and oxygen atoms in total. The fourth-order valence-electron chi connectivity index (χ4n) is 2.52. The van der Waals surface area contributed by atoms with Crippen molar-refractivity contribution in [2.45, 2.75) is 25.3 Å². The third-order valence-corrected chi connectivity index (χ3v) is 3.64. The van der Waals surface area contributed by atoms with Gasteiger partial charge in [-0.1, -0.05) is 18.6 Å². The average molecular weight is 323 g/mol. The van der Waals surface area contributed by atoms with Crippen LogP contribution in [-0.2, 0) is 11.8 Å². The van der Waals surface area contributed by atoms with Crippen molar-refractivity contribution in [3.63, 3.8) is 0 Å². The van der Waals surface area contributed by atoms with E-state index >= 15 is 0 Å². The summed E-state index contributed by atoms with van der Waals surface area (Å²) in [6.07, 6.45) is 3.12. The van der Waals surface area contributed by atoms with Crippen LogP contribution in [-0.4, -0.2) is 38.7 Å². The average Bonchev–Trinajstić information content (AvgIpc) is 2.94. The molecule has 2 N–H and O–H groups in total. The molecule has 1 aromatic carbocycles. The van der Waals surface area contributed by atoms with Crippen LogP contribution in [0.15, 0.2) is 24.3 Å². The van der Waals surface area contributed by atoms with E-state index in [-0.39, 0.29) is 24.4 Å². The predicted octanol–water partition coefficient (Wildman–Crippen LogP) is 1.38. The first-order valence-electron chi connectivity index (χ1n) is 7.11. The second-order valence-electron chi connectivity index (χ2n) is 5.20. The Labute approximate surface area is 134 Å². The lowest BCUT2D eigenvalue weighted by atomic mass is 10.0. The lowest BCUT2D eigenvalue weighted by Crippen LogP contribution is -2.43. The first-order chi connectivity index (χ1) is 10.2. The number of rotatable bonds is 3. The maximum atomic E-state index is 12.2. The summed E-state index contributed by atoms with van der Waals surface area (Å²) in [5.41, 5.74) is 1.63. The molecule has 0 radical (unpaired) electrons. The van der Waals surface area contributed by atoms with Crippen LogP contribution in [0.2, 0.25) is 0 Å². The molecule has 22 heavy (non-hydrogen) atoms. The minimum Gasteiger partial charge on any atom is -0.325 e. The molecular weight excluding hydrogens is 304 g/mol. The van der Waals surface area contributed by atoms with Crippen LogP contribution >= 0.6 is 12.4 Å². The summed E-state index contributed by atoms with van der Waals surface area (Å²) < 4.78 is 1.60. The molecule has 0 aliphatic carbocycles. The van der Waals surface area contributed by atoms with Gasteiger partial charge in [-0.25, -0.2) is 4.68 Å². The van der Waals surface area contributed by atoms with Crippen molar-refractivity contribution >= 4 is 24.0 Å². The van der Waals surface area contributed by atoms with E-state index in [4.69, 9.17) is 0 Å². The molecule has 118 valence electrons. The van der Waals surface area contributed by atoms with Gasteiger partial charge in [0.2, 0.25) is 5.91 Å². The van der Waals surface area contributed by atoms with Crippen LogP contribution in [0.1, 0.15) is 19.3 Å². The number of nitrogens with zero attached hydrogens (tertiary/aromatic N) is 4. The largest absolute Gasteiger partial charge is 0.325 e. The van der Waals surface area contributed by atoms with Gasteiger partial charge in [0.25, 0.3) is 0 Å². The highest BCUT2D eigenvalue weighted by Crippen LogP contribution is 2.20. The van der Waals surface area contributed by atoms with Crippen LogP contribution in [0.25, 0.3) is 11.4 Å².